The summed E-state index contributed by atoms with van der Waals surface area (Å²) >= 11 is 4.57. The Morgan fingerprint density at radius 1 is 1.14 bits per heavy atom. The summed E-state index contributed by atoms with van der Waals surface area (Å²) in [5, 5.41) is 6.51. The van der Waals surface area contributed by atoms with Crippen LogP contribution in [0.25, 0.3) is 0 Å². The molecule has 1 aliphatic rings. The van der Waals surface area contributed by atoms with Crippen LogP contribution in [0.1, 0.15) is 44.5 Å². The van der Waals surface area contributed by atoms with Crippen molar-refractivity contribution in [1.82, 2.24) is 15.9 Å². The van der Waals surface area contributed by atoms with Crippen molar-refractivity contribution >= 4 is 18.8 Å². The lowest BCUT2D eigenvalue weighted by Crippen LogP contribution is -2.28. The summed E-state index contributed by atoms with van der Waals surface area (Å²) in [6, 6.07) is 15.9. The number of ether oxygens (including phenoxy) is 2. The number of hydrogen-bond acceptors (Lipinski definition) is 7. The molecule has 0 aromatic heterocycles. The second kappa shape index (κ2) is 9.82. The average Bonchev–Trinajstić information content (AvgIpc) is 3.06. The van der Waals surface area contributed by atoms with Crippen LogP contribution in [-0.4, -0.2) is 29.4 Å². The summed E-state index contributed by atoms with van der Waals surface area (Å²) in [5.41, 5.74) is 8.13. The average molecular weight is 401 g/mol. The Hall–Kier alpha value is -2.22. The lowest BCUT2D eigenvalue weighted by Gasteiger charge is -2.23. The van der Waals surface area contributed by atoms with Crippen molar-refractivity contribution in [3.05, 3.63) is 59.7 Å². The third-order valence-electron chi connectivity index (χ3n) is 4.10. The van der Waals surface area contributed by atoms with Crippen molar-refractivity contribution in [3.8, 4) is 11.5 Å². The molecule has 2 aromatic rings. The second-order valence-corrected chi connectivity index (χ2v) is 7.34. The lowest BCUT2D eigenvalue weighted by atomic mass is 10.1. The molecule has 1 heterocycles. The van der Waals surface area contributed by atoms with Gasteiger partial charge < -0.3 is 9.47 Å². The third kappa shape index (κ3) is 5.41. The van der Waals surface area contributed by atoms with Gasteiger partial charge in [0.05, 0.1) is 18.9 Å². The Bertz CT molecular complexity index is 782. The molecule has 3 rings (SSSR count). The van der Waals surface area contributed by atoms with Gasteiger partial charge in [-0.3, -0.25) is 0 Å². The van der Waals surface area contributed by atoms with Crippen LogP contribution in [0.15, 0.2) is 53.6 Å². The van der Waals surface area contributed by atoms with Gasteiger partial charge in [-0.15, -0.1) is 12.6 Å². The molecule has 1 aliphatic heterocycles. The monoisotopic (exact) mass is 400 g/mol. The smallest absolute Gasteiger partial charge is 0.156 e. The van der Waals surface area contributed by atoms with Gasteiger partial charge in [-0.05, 0) is 67.8 Å². The van der Waals surface area contributed by atoms with Gasteiger partial charge in [0.1, 0.15) is 17.7 Å². The zero-order valence-corrected chi connectivity index (χ0v) is 17.4. The predicted molar refractivity (Wildman–Crippen MR) is 116 cm³/mol. The summed E-state index contributed by atoms with van der Waals surface area (Å²) in [6.07, 6.45) is 2.79. The summed E-state index contributed by atoms with van der Waals surface area (Å²) in [6.45, 7) is 6.84. The van der Waals surface area contributed by atoms with Crippen LogP contribution >= 0.6 is 12.6 Å². The zero-order chi connectivity index (χ0) is 19.9. The molecule has 0 radical (unpaired) electrons. The van der Waals surface area contributed by atoms with E-state index in [-0.39, 0.29) is 17.8 Å². The van der Waals surface area contributed by atoms with Crippen LogP contribution in [0.5, 0.6) is 11.5 Å². The molecule has 2 N–H and O–H groups in total. The van der Waals surface area contributed by atoms with Gasteiger partial charge in [0, 0.05) is 0 Å². The maximum Gasteiger partial charge on any atom is 0.156 e. The molecule has 150 valence electrons. The highest BCUT2D eigenvalue weighted by molar-refractivity contribution is 7.80. The zero-order valence-electron chi connectivity index (χ0n) is 16.5. The van der Waals surface area contributed by atoms with E-state index < -0.39 is 0 Å². The molecule has 28 heavy (non-hydrogen) atoms. The van der Waals surface area contributed by atoms with Crippen molar-refractivity contribution in [3.63, 3.8) is 0 Å². The Morgan fingerprint density at radius 3 is 2.64 bits per heavy atom. The minimum Gasteiger partial charge on any atom is -0.494 e. The first kappa shape index (κ1) is 20.5. The van der Waals surface area contributed by atoms with Gasteiger partial charge in [-0.1, -0.05) is 19.1 Å². The molecule has 1 fully saturated rings. The number of thiol groups is 1. The first-order chi connectivity index (χ1) is 13.6. The van der Waals surface area contributed by atoms with E-state index in [1.165, 1.54) is 0 Å². The fraction of sp³-hybridized carbons (Fsp3) is 0.381. The van der Waals surface area contributed by atoms with Crippen molar-refractivity contribution in [2.24, 2.45) is 5.10 Å². The second-order valence-electron chi connectivity index (χ2n) is 6.85. The predicted octanol–water partition coefficient (Wildman–Crippen LogP) is 3.92. The number of hydrogen-bond donors (Lipinski definition) is 3. The number of rotatable bonds is 8. The van der Waals surface area contributed by atoms with E-state index in [0.717, 1.165) is 35.7 Å². The minimum absolute atomic E-state index is 0.126. The van der Waals surface area contributed by atoms with Crippen molar-refractivity contribution in [2.75, 3.05) is 6.61 Å². The fourth-order valence-corrected chi connectivity index (χ4v) is 3.09. The fourth-order valence-electron chi connectivity index (χ4n) is 2.83. The highest BCUT2D eigenvalue weighted by Crippen LogP contribution is 2.28. The van der Waals surface area contributed by atoms with Crippen molar-refractivity contribution in [1.29, 1.82) is 0 Å². The summed E-state index contributed by atoms with van der Waals surface area (Å²) < 4.78 is 11.4. The van der Waals surface area contributed by atoms with E-state index in [4.69, 9.17) is 9.47 Å². The van der Waals surface area contributed by atoms with Crippen LogP contribution in [0, 0.1) is 0 Å². The van der Waals surface area contributed by atoms with Gasteiger partial charge in [0.15, 0.2) is 5.50 Å². The highest BCUT2D eigenvalue weighted by Gasteiger charge is 2.30. The van der Waals surface area contributed by atoms with Crippen LogP contribution in [0.4, 0.5) is 0 Å². The SMILES string of the molecule is CCCOc1ccc(C=NN2C(S)NNC2c2cccc(OC(C)C)c2)cc1. The number of benzene rings is 2. The van der Waals surface area contributed by atoms with Crippen LogP contribution in [-0.2, 0) is 0 Å². The van der Waals surface area contributed by atoms with E-state index in [9.17, 15) is 0 Å². The number of hydrazine groups is 1. The quantitative estimate of drug-likeness (QED) is 0.463. The van der Waals surface area contributed by atoms with E-state index in [1.54, 1.807) is 0 Å². The van der Waals surface area contributed by atoms with Gasteiger partial charge in [0.2, 0.25) is 0 Å². The molecular weight excluding hydrogens is 372 g/mol. The van der Waals surface area contributed by atoms with Crippen molar-refractivity contribution < 1.29 is 9.47 Å². The largest absolute Gasteiger partial charge is 0.494 e. The molecule has 0 saturated carbocycles. The molecule has 0 aliphatic carbocycles. The van der Waals surface area contributed by atoms with E-state index >= 15 is 0 Å². The van der Waals surface area contributed by atoms with Crippen molar-refractivity contribution in [2.45, 2.75) is 45.0 Å². The van der Waals surface area contributed by atoms with E-state index in [0.29, 0.717) is 0 Å². The van der Waals surface area contributed by atoms with Gasteiger partial charge in [-0.2, -0.15) is 5.10 Å². The first-order valence-corrected chi connectivity index (χ1v) is 10.1. The third-order valence-corrected chi connectivity index (χ3v) is 4.47. The van der Waals surface area contributed by atoms with E-state index in [1.807, 2.05) is 73.6 Å². The molecule has 7 heteroatoms. The Balaban J connectivity index is 1.72. The molecule has 2 unspecified atom stereocenters. The van der Waals surface area contributed by atoms with Crippen LogP contribution in [0.2, 0.25) is 0 Å². The summed E-state index contributed by atoms with van der Waals surface area (Å²) in [5.74, 6) is 1.71. The standard InChI is InChI=1S/C21H28N4O2S/c1-4-12-26-18-10-8-16(9-11-18)14-22-25-20(23-24-21(25)28)17-6-5-7-19(13-17)27-15(2)3/h5-11,13-15,20-21,23-24,28H,4,12H2,1-3H3. The minimum atomic E-state index is -0.247. The number of nitrogens with zero attached hydrogens (tertiary/aromatic N) is 2. The Kier molecular flexibility index (Phi) is 7.19. The molecule has 1 saturated heterocycles. The maximum absolute atomic E-state index is 5.81. The lowest BCUT2D eigenvalue weighted by molar-refractivity contribution is 0.234. The normalized spacial score (nSPS) is 19.5. The molecular formula is C21H28N4O2S. The van der Waals surface area contributed by atoms with Gasteiger partial charge >= 0.3 is 0 Å². The highest BCUT2D eigenvalue weighted by atomic mass is 32.1. The molecule has 0 amide bonds. The summed E-state index contributed by atoms with van der Waals surface area (Å²) in [4.78, 5) is 0. The Labute approximate surface area is 172 Å². The molecule has 2 aromatic carbocycles. The topological polar surface area (TPSA) is 58.1 Å². The molecule has 0 spiro atoms. The molecule has 2 atom stereocenters. The maximum atomic E-state index is 5.81. The first-order valence-electron chi connectivity index (χ1n) is 9.57. The Morgan fingerprint density at radius 2 is 1.93 bits per heavy atom. The van der Waals surface area contributed by atoms with Gasteiger partial charge in [-0.25, -0.2) is 15.9 Å². The van der Waals surface area contributed by atoms with Gasteiger partial charge in [0.25, 0.3) is 0 Å². The number of nitrogens with one attached hydrogen (secondary N) is 2. The van der Waals surface area contributed by atoms with E-state index in [2.05, 4.69) is 35.5 Å². The number of hydrazone groups is 1. The molecule has 0 bridgehead atoms. The summed E-state index contributed by atoms with van der Waals surface area (Å²) in [7, 11) is 0. The van der Waals surface area contributed by atoms with Crippen LogP contribution < -0.4 is 20.3 Å². The molecule has 6 nitrogen and oxygen atoms in total. The van der Waals surface area contributed by atoms with Crippen LogP contribution in [0.3, 0.4) is 0 Å².